The van der Waals surface area contributed by atoms with E-state index in [4.69, 9.17) is 9.84 Å². The number of aromatic amines is 1. The van der Waals surface area contributed by atoms with Crippen molar-refractivity contribution in [1.82, 2.24) is 9.97 Å². The van der Waals surface area contributed by atoms with Gasteiger partial charge in [-0.05, 0) is 63.2 Å². The molecule has 0 saturated carbocycles. The maximum atomic E-state index is 12.4. The molecule has 4 N–H and O–H groups in total. The topological polar surface area (TPSA) is 133 Å². The summed E-state index contributed by atoms with van der Waals surface area (Å²) in [7, 11) is 0. The van der Waals surface area contributed by atoms with Gasteiger partial charge in [-0.15, -0.1) is 0 Å². The van der Waals surface area contributed by atoms with E-state index >= 15 is 0 Å². The Morgan fingerprint density at radius 2 is 1.66 bits per heavy atom. The molecule has 1 heterocycles. The van der Waals surface area contributed by atoms with Gasteiger partial charge in [0.05, 0.1) is 16.6 Å². The molecule has 150 valence electrons. The van der Waals surface area contributed by atoms with Crippen molar-refractivity contribution in [3.8, 4) is 0 Å². The van der Waals surface area contributed by atoms with Crippen LogP contribution in [-0.4, -0.2) is 38.6 Å². The number of carboxylic acids is 1. The molecule has 9 heteroatoms. The summed E-state index contributed by atoms with van der Waals surface area (Å²) in [5.74, 6) is -1.26. The van der Waals surface area contributed by atoms with Crippen molar-refractivity contribution in [1.29, 1.82) is 0 Å². The highest BCUT2D eigenvalue weighted by Gasteiger charge is 2.16. The molecule has 2 amide bonds. The predicted molar refractivity (Wildman–Crippen MR) is 107 cm³/mol. The highest BCUT2D eigenvalue weighted by atomic mass is 16.6. The van der Waals surface area contributed by atoms with E-state index in [-0.39, 0.29) is 11.5 Å². The number of aromatic nitrogens is 2. The van der Waals surface area contributed by atoms with Crippen LogP contribution in [0.5, 0.6) is 0 Å². The molecule has 2 aromatic carbocycles. The summed E-state index contributed by atoms with van der Waals surface area (Å²) in [6, 6.07) is 10.7. The minimum absolute atomic E-state index is 0.118. The third-order valence-corrected chi connectivity index (χ3v) is 3.75. The van der Waals surface area contributed by atoms with Crippen molar-refractivity contribution >= 4 is 40.6 Å². The van der Waals surface area contributed by atoms with Crippen LogP contribution < -0.4 is 10.6 Å². The Morgan fingerprint density at radius 3 is 2.28 bits per heavy atom. The highest BCUT2D eigenvalue weighted by Crippen LogP contribution is 2.18. The number of aromatic carboxylic acids is 1. The lowest BCUT2D eigenvalue weighted by molar-refractivity contribution is 0.0634. The number of carbonyl (C=O) groups excluding carboxylic acids is 2. The zero-order valence-corrected chi connectivity index (χ0v) is 16.1. The predicted octanol–water partition coefficient (Wildman–Crippen LogP) is 3.86. The Morgan fingerprint density at radius 1 is 1.00 bits per heavy atom. The molecule has 3 rings (SSSR count). The minimum atomic E-state index is -1.05. The molecule has 0 aliphatic heterocycles. The second-order valence-electron chi connectivity index (χ2n) is 7.28. The summed E-state index contributed by atoms with van der Waals surface area (Å²) in [5.41, 5.74) is 1.38. The van der Waals surface area contributed by atoms with Crippen LogP contribution in [0.3, 0.4) is 0 Å². The van der Waals surface area contributed by atoms with Crippen LogP contribution in [-0.2, 0) is 4.74 Å². The van der Waals surface area contributed by atoms with Gasteiger partial charge in [-0.3, -0.25) is 15.4 Å². The second-order valence-corrected chi connectivity index (χ2v) is 7.28. The van der Waals surface area contributed by atoms with E-state index in [0.717, 1.165) is 0 Å². The van der Waals surface area contributed by atoms with Crippen molar-refractivity contribution in [2.24, 2.45) is 0 Å². The molecule has 29 heavy (non-hydrogen) atoms. The average Bonchev–Trinajstić information content (AvgIpc) is 3.01. The monoisotopic (exact) mass is 396 g/mol. The Balaban J connectivity index is 1.67. The summed E-state index contributed by atoms with van der Waals surface area (Å²) in [6.07, 6.45) is -0.585. The van der Waals surface area contributed by atoms with Gasteiger partial charge in [-0.25, -0.2) is 14.6 Å². The lowest BCUT2D eigenvalue weighted by atomic mass is 10.2. The smallest absolute Gasteiger partial charge is 0.412 e. The summed E-state index contributed by atoms with van der Waals surface area (Å²) in [5, 5.41) is 14.2. The zero-order chi connectivity index (χ0) is 21.2. The molecule has 0 unspecified atom stereocenters. The quantitative estimate of drug-likeness (QED) is 0.529. The molecule has 0 atom stereocenters. The number of H-pyrrole nitrogens is 1. The van der Waals surface area contributed by atoms with Crippen LogP contribution in [0.4, 0.5) is 16.4 Å². The van der Waals surface area contributed by atoms with Crippen LogP contribution in [0.15, 0.2) is 42.5 Å². The minimum Gasteiger partial charge on any atom is -0.478 e. The van der Waals surface area contributed by atoms with Crippen molar-refractivity contribution in [3.05, 3.63) is 53.6 Å². The maximum absolute atomic E-state index is 12.4. The summed E-state index contributed by atoms with van der Waals surface area (Å²) in [4.78, 5) is 42.3. The van der Waals surface area contributed by atoms with Gasteiger partial charge in [-0.2, -0.15) is 0 Å². The Kier molecular flexibility index (Phi) is 5.22. The molecule has 0 fully saturated rings. The first-order valence-corrected chi connectivity index (χ1v) is 8.75. The first kappa shape index (κ1) is 19.9. The molecule has 0 spiro atoms. The average molecular weight is 396 g/mol. The van der Waals surface area contributed by atoms with Crippen LogP contribution in [0.1, 0.15) is 41.5 Å². The van der Waals surface area contributed by atoms with E-state index in [0.29, 0.717) is 22.3 Å². The third kappa shape index (κ3) is 5.10. The number of nitrogens with zero attached hydrogens (tertiary/aromatic N) is 1. The molecule has 0 bridgehead atoms. The molecule has 3 aromatic rings. The van der Waals surface area contributed by atoms with E-state index in [1.807, 2.05) is 0 Å². The number of rotatable bonds is 4. The van der Waals surface area contributed by atoms with Gasteiger partial charge in [0.1, 0.15) is 5.60 Å². The summed E-state index contributed by atoms with van der Waals surface area (Å²) >= 11 is 0. The normalized spacial score (nSPS) is 11.1. The van der Waals surface area contributed by atoms with Crippen molar-refractivity contribution in [2.75, 3.05) is 10.6 Å². The standard InChI is InChI=1S/C20H20N4O5/c1-20(2,3)29-19(28)21-13-7-4-11(5-8-13)16(25)24-18-22-14-9-6-12(17(26)27)10-15(14)23-18/h4-10H,1-3H3,(H,21,28)(H,26,27)(H2,22,23,24,25). The lowest BCUT2D eigenvalue weighted by Gasteiger charge is -2.19. The molecular weight excluding hydrogens is 376 g/mol. The number of fused-ring (bicyclic) bond motifs is 1. The zero-order valence-electron chi connectivity index (χ0n) is 16.1. The molecular formula is C20H20N4O5. The summed E-state index contributed by atoms with van der Waals surface area (Å²) in [6.45, 7) is 5.29. The largest absolute Gasteiger partial charge is 0.478 e. The van der Waals surface area contributed by atoms with Crippen LogP contribution in [0, 0.1) is 0 Å². The number of carbonyl (C=O) groups is 3. The first-order chi connectivity index (χ1) is 13.6. The fourth-order valence-electron chi connectivity index (χ4n) is 2.51. The Bertz CT molecular complexity index is 1080. The Hall–Kier alpha value is -3.88. The molecule has 0 radical (unpaired) electrons. The van der Waals surface area contributed by atoms with Crippen molar-refractivity contribution < 1.29 is 24.2 Å². The SMILES string of the molecule is CC(C)(C)OC(=O)Nc1ccc(C(=O)Nc2nc3ccc(C(=O)O)cc3[nH]2)cc1. The van der Waals surface area contributed by atoms with Gasteiger partial charge in [0.15, 0.2) is 0 Å². The van der Waals surface area contributed by atoms with Gasteiger partial charge in [0, 0.05) is 11.3 Å². The number of imidazole rings is 1. The van der Waals surface area contributed by atoms with Gasteiger partial charge in [0.2, 0.25) is 5.95 Å². The van der Waals surface area contributed by atoms with E-state index in [1.54, 1.807) is 51.1 Å². The van der Waals surface area contributed by atoms with Crippen LogP contribution in [0.2, 0.25) is 0 Å². The third-order valence-electron chi connectivity index (χ3n) is 3.75. The number of ether oxygens (including phenoxy) is 1. The highest BCUT2D eigenvalue weighted by molar-refractivity contribution is 6.04. The van der Waals surface area contributed by atoms with E-state index in [2.05, 4.69) is 20.6 Å². The maximum Gasteiger partial charge on any atom is 0.412 e. The molecule has 0 saturated heterocycles. The van der Waals surface area contributed by atoms with Gasteiger partial charge in [0.25, 0.3) is 5.91 Å². The summed E-state index contributed by atoms with van der Waals surface area (Å²) < 4.78 is 5.17. The van der Waals surface area contributed by atoms with E-state index < -0.39 is 23.6 Å². The number of amides is 2. The van der Waals surface area contributed by atoms with Crippen LogP contribution in [0.25, 0.3) is 11.0 Å². The number of hydrogen-bond acceptors (Lipinski definition) is 5. The molecule has 9 nitrogen and oxygen atoms in total. The van der Waals surface area contributed by atoms with Gasteiger partial charge < -0.3 is 14.8 Å². The number of benzene rings is 2. The van der Waals surface area contributed by atoms with Crippen LogP contribution >= 0.6 is 0 Å². The van der Waals surface area contributed by atoms with Gasteiger partial charge in [-0.1, -0.05) is 0 Å². The molecule has 0 aliphatic carbocycles. The van der Waals surface area contributed by atoms with Gasteiger partial charge >= 0.3 is 12.1 Å². The van der Waals surface area contributed by atoms with E-state index in [9.17, 15) is 14.4 Å². The molecule has 1 aromatic heterocycles. The fourth-order valence-corrected chi connectivity index (χ4v) is 2.51. The number of anilines is 2. The number of carboxylic acid groups (broad SMARTS) is 1. The fraction of sp³-hybridized carbons (Fsp3) is 0.200. The first-order valence-electron chi connectivity index (χ1n) is 8.75. The van der Waals surface area contributed by atoms with Crippen molar-refractivity contribution in [2.45, 2.75) is 26.4 Å². The lowest BCUT2D eigenvalue weighted by Crippen LogP contribution is -2.27. The Labute approximate surface area is 166 Å². The van der Waals surface area contributed by atoms with E-state index in [1.165, 1.54) is 12.1 Å². The number of nitrogens with one attached hydrogen (secondary N) is 3. The molecule has 0 aliphatic rings. The second kappa shape index (κ2) is 7.63. The van der Waals surface area contributed by atoms with Crippen molar-refractivity contribution in [3.63, 3.8) is 0 Å². The number of hydrogen-bond donors (Lipinski definition) is 4.